The molecule has 90 valence electrons. The van der Waals surface area contributed by atoms with Crippen molar-refractivity contribution in [2.75, 3.05) is 0 Å². The van der Waals surface area contributed by atoms with E-state index in [1.807, 2.05) is 13.0 Å². The minimum absolute atomic E-state index is 0.0120. The first kappa shape index (κ1) is 11.6. The summed E-state index contributed by atoms with van der Waals surface area (Å²) in [5.41, 5.74) is -1.04. The molecule has 0 aliphatic heterocycles. The largest absolute Gasteiger partial charge is 0.479 e. The highest BCUT2D eigenvalue weighted by atomic mass is 16.4. The van der Waals surface area contributed by atoms with Crippen molar-refractivity contribution in [1.82, 2.24) is 14.8 Å². The Labute approximate surface area is 98.9 Å². The molecule has 1 aliphatic rings. The van der Waals surface area contributed by atoms with Crippen molar-refractivity contribution < 1.29 is 9.90 Å². The molecule has 0 radical (unpaired) electrons. The van der Waals surface area contributed by atoms with Crippen molar-refractivity contribution in [3.8, 4) is 6.07 Å². The van der Waals surface area contributed by atoms with Crippen LogP contribution in [-0.2, 0) is 10.3 Å². The van der Waals surface area contributed by atoms with Crippen LogP contribution in [0.4, 0.5) is 0 Å². The lowest BCUT2D eigenvalue weighted by Gasteiger charge is -2.38. The molecule has 1 aromatic rings. The third-order valence-electron chi connectivity index (χ3n) is 3.63. The van der Waals surface area contributed by atoms with Crippen LogP contribution < -0.4 is 0 Å². The molecule has 1 aliphatic carbocycles. The minimum atomic E-state index is -1.04. The third kappa shape index (κ3) is 1.68. The molecule has 6 heteroatoms. The average molecular weight is 234 g/mol. The molecule has 0 saturated heterocycles. The number of hydrogen-bond acceptors (Lipinski definition) is 4. The maximum absolute atomic E-state index is 11.6. The summed E-state index contributed by atoms with van der Waals surface area (Å²) in [6.45, 7) is 1.92. The van der Waals surface area contributed by atoms with E-state index in [0.29, 0.717) is 6.42 Å². The van der Waals surface area contributed by atoms with E-state index in [4.69, 9.17) is 5.26 Å². The van der Waals surface area contributed by atoms with Gasteiger partial charge in [-0.05, 0) is 18.8 Å². The van der Waals surface area contributed by atoms with Crippen molar-refractivity contribution in [3.05, 3.63) is 12.2 Å². The fraction of sp³-hybridized carbons (Fsp3) is 0.636. The van der Waals surface area contributed by atoms with Crippen LogP contribution in [0.1, 0.15) is 38.4 Å². The highest BCUT2D eigenvalue weighted by molar-refractivity contribution is 5.77. The first-order chi connectivity index (χ1) is 8.11. The summed E-state index contributed by atoms with van der Waals surface area (Å²) in [7, 11) is 0. The topological polar surface area (TPSA) is 91.8 Å². The number of carbonyl (C=O) groups is 1. The average Bonchev–Trinajstić information content (AvgIpc) is 2.78. The minimum Gasteiger partial charge on any atom is -0.479 e. The Hall–Kier alpha value is -1.90. The van der Waals surface area contributed by atoms with E-state index in [1.165, 1.54) is 11.0 Å². The molecule has 2 atom stereocenters. The zero-order valence-corrected chi connectivity index (χ0v) is 9.63. The lowest BCUT2D eigenvalue weighted by Crippen LogP contribution is -2.49. The van der Waals surface area contributed by atoms with Crippen LogP contribution >= 0.6 is 0 Å². The van der Waals surface area contributed by atoms with Crippen molar-refractivity contribution in [2.45, 2.75) is 38.1 Å². The molecule has 2 unspecified atom stereocenters. The first-order valence-electron chi connectivity index (χ1n) is 5.67. The molecule has 17 heavy (non-hydrogen) atoms. The molecule has 1 fully saturated rings. The maximum Gasteiger partial charge on any atom is 0.332 e. The van der Waals surface area contributed by atoms with Crippen LogP contribution in [0.25, 0.3) is 0 Å². The quantitative estimate of drug-likeness (QED) is 0.828. The summed E-state index contributed by atoms with van der Waals surface area (Å²) >= 11 is 0. The lowest BCUT2D eigenvalue weighted by molar-refractivity contribution is -0.153. The zero-order valence-electron chi connectivity index (χ0n) is 9.63. The first-order valence-corrected chi connectivity index (χ1v) is 5.67. The van der Waals surface area contributed by atoms with Crippen LogP contribution in [0.2, 0.25) is 0 Å². The van der Waals surface area contributed by atoms with Crippen molar-refractivity contribution in [2.24, 2.45) is 5.92 Å². The lowest BCUT2D eigenvalue weighted by atomic mass is 9.74. The Balaban J connectivity index is 2.47. The summed E-state index contributed by atoms with van der Waals surface area (Å²) in [5, 5.41) is 22.2. The molecule has 1 saturated carbocycles. The number of hydrogen-bond donors (Lipinski definition) is 1. The number of rotatable bonds is 2. The smallest absolute Gasteiger partial charge is 0.332 e. The van der Waals surface area contributed by atoms with Crippen LogP contribution in [-0.4, -0.2) is 25.8 Å². The van der Waals surface area contributed by atoms with Gasteiger partial charge in [0.05, 0.1) is 0 Å². The van der Waals surface area contributed by atoms with E-state index in [2.05, 4.69) is 10.1 Å². The SMILES string of the molecule is CC1CCCCC1(C(=O)O)n1cnc(C#N)n1. The van der Waals surface area contributed by atoms with Gasteiger partial charge in [-0.1, -0.05) is 19.8 Å². The van der Waals surface area contributed by atoms with Crippen molar-refractivity contribution in [1.29, 1.82) is 5.26 Å². The second kappa shape index (κ2) is 4.17. The summed E-state index contributed by atoms with van der Waals surface area (Å²) < 4.78 is 1.36. The normalized spacial score (nSPS) is 28.6. The van der Waals surface area contributed by atoms with Crippen LogP contribution in [0.5, 0.6) is 0 Å². The molecule has 0 aromatic carbocycles. The predicted molar refractivity (Wildman–Crippen MR) is 58.0 cm³/mol. The monoisotopic (exact) mass is 234 g/mol. The Kier molecular flexibility index (Phi) is 2.84. The van der Waals surface area contributed by atoms with Crippen LogP contribution in [0, 0.1) is 17.2 Å². The van der Waals surface area contributed by atoms with Gasteiger partial charge in [0.25, 0.3) is 5.82 Å². The van der Waals surface area contributed by atoms with E-state index in [1.54, 1.807) is 0 Å². The fourth-order valence-corrected chi connectivity index (χ4v) is 2.59. The highest BCUT2D eigenvalue weighted by Gasteiger charge is 2.48. The van der Waals surface area contributed by atoms with Gasteiger partial charge in [0.1, 0.15) is 12.4 Å². The summed E-state index contributed by atoms with van der Waals surface area (Å²) in [5.74, 6) is -0.885. The van der Waals surface area contributed by atoms with Gasteiger partial charge in [-0.15, -0.1) is 5.10 Å². The van der Waals surface area contributed by atoms with E-state index in [9.17, 15) is 9.90 Å². The molecule has 0 amide bonds. The van der Waals surface area contributed by atoms with E-state index >= 15 is 0 Å². The van der Waals surface area contributed by atoms with Gasteiger partial charge in [0.2, 0.25) is 0 Å². The van der Waals surface area contributed by atoms with E-state index in [-0.39, 0.29) is 11.7 Å². The molecule has 0 bridgehead atoms. The van der Waals surface area contributed by atoms with Gasteiger partial charge in [0.15, 0.2) is 5.54 Å². The van der Waals surface area contributed by atoms with Gasteiger partial charge in [-0.25, -0.2) is 14.5 Å². The Bertz CT molecular complexity index is 476. The number of carboxylic acid groups (broad SMARTS) is 1. The molecule has 6 nitrogen and oxygen atoms in total. The van der Waals surface area contributed by atoms with Crippen LogP contribution in [0.3, 0.4) is 0 Å². The van der Waals surface area contributed by atoms with Crippen molar-refractivity contribution in [3.63, 3.8) is 0 Å². The number of nitriles is 1. The molecule has 0 spiro atoms. The zero-order chi connectivity index (χ0) is 12.5. The van der Waals surface area contributed by atoms with E-state index in [0.717, 1.165) is 19.3 Å². The number of aliphatic carboxylic acids is 1. The molecular formula is C11H14N4O2. The molecule has 1 heterocycles. The summed E-state index contributed by atoms with van der Waals surface area (Å²) in [4.78, 5) is 15.4. The Morgan fingerprint density at radius 3 is 3.00 bits per heavy atom. The summed E-state index contributed by atoms with van der Waals surface area (Å²) in [6.07, 6.45) is 4.65. The van der Waals surface area contributed by atoms with Gasteiger partial charge < -0.3 is 5.11 Å². The number of nitrogens with zero attached hydrogens (tertiary/aromatic N) is 4. The van der Waals surface area contributed by atoms with Gasteiger partial charge in [-0.2, -0.15) is 5.26 Å². The van der Waals surface area contributed by atoms with Crippen molar-refractivity contribution >= 4 is 5.97 Å². The summed E-state index contributed by atoms with van der Waals surface area (Å²) in [6, 6.07) is 1.82. The Morgan fingerprint density at radius 2 is 2.47 bits per heavy atom. The molecule has 2 rings (SSSR count). The standard InChI is InChI=1S/C11H14N4O2/c1-8-4-2-3-5-11(8,10(16)17)15-7-13-9(6-12)14-15/h7-8H,2-5H2,1H3,(H,16,17). The van der Waals surface area contributed by atoms with E-state index < -0.39 is 11.5 Å². The predicted octanol–water partition coefficient (Wildman–Crippen LogP) is 1.14. The second-order valence-corrected chi connectivity index (χ2v) is 4.50. The number of aromatic nitrogens is 3. The Morgan fingerprint density at radius 1 is 1.71 bits per heavy atom. The van der Waals surface area contributed by atoms with Gasteiger partial charge in [-0.3, -0.25) is 0 Å². The second-order valence-electron chi connectivity index (χ2n) is 4.50. The number of carboxylic acids is 1. The van der Waals surface area contributed by atoms with Crippen LogP contribution in [0.15, 0.2) is 6.33 Å². The molecule has 1 N–H and O–H groups in total. The third-order valence-corrected chi connectivity index (χ3v) is 3.63. The molecular weight excluding hydrogens is 220 g/mol. The molecule has 1 aromatic heterocycles. The fourth-order valence-electron chi connectivity index (χ4n) is 2.59. The maximum atomic E-state index is 11.6. The van der Waals surface area contributed by atoms with Gasteiger partial charge in [0, 0.05) is 0 Å². The highest BCUT2D eigenvalue weighted by Crippen LogP contribution is 2.39. The van der Waals surface area contributed by atoms with Gasteiger partial charge >= 0.3 is 5.97 Å².